The van der Waals surface area contributed by atoms with E-state index in [1.807, 2.05) is 0 Å². The first-order chi connectivity index (χ1) is 9.47. The van der Waals surface area contributed by atoms with Crippen LogP contribution in [0.1, 0.15) is 11.1 Å². The van der Waals surface area contributed by atoms with Gasteiger partial charge < -0.3 is 4.74 Å². The van der Waals surface area contributed by atoms with Gasteiger partial charge in [-0.2, -0.15) is 0 Å². The Hall–Kier alpha value is -2.21. The van der Waals surface area contributed by atoms with Gasteiger partial charge >= 0.3 is 0 Å². The van der Waals surface area contributed by atoms with Crippen LogP contribution in [0.2, 0.25) is 5.15 Å². The Morgan fingerprint density at radius 3 is 2.85 bits per heavy atom. The van der Waals surface area contributed by atoms with E-state index < -0.39 is 10.7 Å². The number of rotatable bonds is 4. The number of hydrogen-bond donors (Lipinski definition) is 0. The van der Waals surface area contributed by atoms with Gasteiger partial charge in [0.2, 0.25) is 0 Å². The molecule has 1 heterocycles. The van der Waals surface area contributed by atoms with E-state index in [1.54, 1.807) is 12.1 Å². The van der Waals surface area contributed by atoms with Crippen LogP contribution >= 0.6 is 11.6 Å². The molecule has 0 saturated heterocycles. The number of ether oxygens (including phenoxy) is 1. The fourth-order valence-electron chi connectivity index (χ4n) is 1.65. The van der Waals surface area contributed by atoms with Crippen molar-refractivity contribution in [3.05, 3.63) is 62.7 Å². The molecule has 5 nitrogen and oxygen atoms in total. The molecule has 0 fully saturated rings. The average Bonchev–Trinajstić information content (AvgIpc) is 2.39. The molecule has 0 saturated carbocycles. The summed E-state index contributed by atoms with van der Waals surface area (Å²) < 4.78 is 19.0. The number of aryl methyl sites for hydroxylation is 1. The van der Waals surface area contributed by atoms with Gasteiger partial charge in [-0.1, -0.05) is 11.6 Å². The largest absolute Gasteiger partial charge is 0.486 e. The highest BCUT2D eigenvalue weighted by molar-refractivity contribution is 6.29. The van der Waals surface area contributed by atoms with Crippen molar-refractivity contribution in [2.24, 2.45) is 0 Å². The molecule has 1 aromatic carbocycles. The molecule has 0 aliphatic heterocycles. The van der Waals surface area contributed by atoms with Crippen molar-refractivity contribution < 1.29 is 14.1 Å². The minimum absolute atomic E-state index is 0.0407. The van der Waals surface area contributed by atoms with Crippen molar-refractivity contribution >= 4 is 17.3 Å². The first kappa shape index (κ1) is 14.2. The van der Waals surface area contributed by atoms with Crippen molar-refractivity contribution in [2.75, 3.05) is 0 Å². The van der Waals surface area contributed by atoms with Gasteiger partial charge in [0.1, 0.15) is 11.8 Å². The Labute approximate surface area is 119 Å². The maximum Gasteiger partial charge on any atom is 0.275 e. The molecule has 0 aliphatic carbocycles. The van der Waals surface area contributed by atoms with E-state index >= 15 is 0 Å². The van der Waals surface area contributed by atoms with Crippen molar-refractivity contribution in [2.45, 2.75) is 13.5 Å². The maximum absolute atomic E-state index is 13.7. The van der Waals surface area contributed by atoms with Gasteiger partial charge in [0.15, 0.2) is 11.6 Å². The van der Waals surface area contributed by atoms with Gasteiger partial charge in [-0.25, -0.2) is 9.37 Å². The van der Waals surface area contributed by atoms with Gasteiger partial charge in [0, 0.05) is 11.8 Å². The summed E-state index contributed by atoms with van der Waals surface area (Å²) in [5.74, 6) is -0.816. The fourth-order valence-corrected chi connectivity index (χ4v) is 1.84. The van der Waals surface area contributed by atoms with E-state index in [1.165, 1.54) is 19.2 Å². The SMILES string of the molecule is Cc1cc(OCc2ccnc(Cl)c2)c(F)cc1[N+](=O)[O-]. The van der Waals surface area contributed by atoms with Crippen molar-refractivity contribution in [1.29, 1.82) is 0 Å². The summed E-state index contributed by atoms with van der Waals surface area (Å²) >= 11 is 5.72. The van der Waals surface area contributed by atoms with Crippen LogP contribution in [0.3, 0.4) is 0 Å². The summed E-state index contributed by atoms with van der Waals surface area (Å²) in [5, 5.41) is 11.0. The smallest absolute Gasteiger partial charge is 0.275 e. The van der Waals surface area contributed by atoms with Crippen LogP contribution in [-0.2, 0) is 6.61 Å². The molecule has 7 heteroatoms. The third-order valence-electron chi connectivity index (χ3n) is 2.63. The molecule has 0 spiro atoms. The predicted octanol–water partition coefficient (Wildman–Crippen LogP) is 3.67. The number of benzene rings is 1. The highest BCUT2D eigenvalue weighted by Gasteiger charge is 2.16. The zero-order valence-corrected chi connectivity index (χ0v) is 11.2. The molecule has 0 unspecified atom stereocenters. The highest BCUT2D eigenvalue weighted by Crippen LogP contribution is 2.27. The fraction of sp³-hybridized carbons (Fsp3) is 0.154. The Kier molecular flexibility index (Phi) is 4.14. The lowest BCUT2D eigenvalue weighted by molar-refractivity contribution is -0.385. The lowest BCUT2D eigenvalue weighted by Crippen LogP contribution is -2.00. The number of nitro groups is 1. The Morgan fingerprint density at radius 1 is 1.45 bits per heavy atom. The molecule has 104 valence electrons. The minimum Gasteiger partial charge on any atom is -0.486 e. The number of pyridine rings is 1. The summed E-state index contributed by atoms with van der Waals surface area (Å²) in [7, 11) is 0. The first-order valence-corrected chi connectivity index (χ1v) is 6.03. The average molecular weight is 297 g/mol. The Morgan fingerprint density at radius 2 is 2.20 bits per heavy atom. The number of hydrogen-bond acceptors (Lipinski definition) is 4. The summed E-state index contributed by atoms with van der Waals surface area (Å²) in [6, 6.07) is 5.43. The second-order valence-electron chi connectivity index (χ2n) is 4.10. The maximum atomic E-state index is 13.7. The molecule has 0 aliphatic rings. The molecule has 20 heavy (non-hydrogen) atoms. The number of halogens is 2. The molecule has 0 atom stereocenters. The molecule has 0 radical (unpaired) electrons. The number of aromatic nitrogens is 1. The molecular formula is C13H10ClFN2O3. The molecule has 0 N–H and O–H groups in total. The second-order valence-corrected chi connectivity index (χ2v) is 4.49. The van der Waals surface area contributed by atoms with Crippen LogP contribution in [-0.4, -0.2) is 9.91 Å². The molecule has 0 bridgehead atoms. The third-order valence-corrected chi connectivity index (χ3v) is 2.84. The zero-order valence-electron chi connectivity index (χ0n) is 10.5. The molecule has 1 aromatic heterocycles. The van der Waals surface area contributed by atoms with Crippen molar-refractivity contribution in [3.8, 4) is 5.75 Å². The Bertz CT molecular complexity index is 664. The minimum atomic E-state index is -0.776. The summed E-state index contributed by atoms with van der Waals surface area (Å²) in [4.78, 5) is 13.9. The van der Waals surface area contributed by atoms with Crippen molar-refractivity contribution in [3.63, 3.8) is 0 Å². The van der Waals surface area contributed by atoms with E-state index in [2.05, 4.69) is 4.98 Å². The summed E-state index contributed by atoms with van der Waals surface area (Å²) in [6.45, 7) is 1.62. The van der Waals surface area contributed by atoms with Crippen LogP contribution in [0.25, 0.3) is 0 Å². The van der Waals surface area contributed by atoms with Crippen LogP contribution < -0.4 is 4.74 Å². The molecular weight excluding hydrogens is 287 g/mol. The van der Waals surface area contributed by atoms with E-state index in [0.29, 0.717) is 10.7 Å². The zero-order chi connectivity index (χ0) is 14.7. The monoisotopic (exact) mass is 296 g/mol. The van der Waals surface area contributed by atoms with Gasteiger partial charge in [0.05, 0.1) is 11.0 Å². The summed E-state index contributed by atoms with van der Waals surface area (Å²) in [5.41, 5.74) is 0.779. The van der Waals surface area contributed by atoms with Crippen molar-refractivity contribution in [1.82, 2.24) is 4.98 Å². The second kappa shape index (κ2) is 5.83. The molecule has 0 amide bonds. The van der Waals surface area contributed by atoms with Gasteiger partial charge in [-0.15, -0.1) is 0 Å². The van der Waals surface area contributed by atoms with Crippen LogP contribution in [0.15, 0.2) is 30.5 Å². The van der Waals surface area contributed by atoms with E-state index in [9.17, 15) is 14.5 Å². The molecule has 2 aromatic rings. The van der Waals surface area contributed by atoms with Crippen LogP contribution in [0.4, 0.5) is 10.1 Å². The van der Waals surface area contributed by atoms with Gasteiger partial charge in [-0.3, -0.25) is 10.1 Å². The molecule has 2 rings (SSSR count). The topological polar surface area (TPSA) is 65.3 Å². The normalized spacial score (nSPS) is 10.3. The van der Waals surface area contributed by atoms with Gasteiger partial charge in [-0.05, 0) is 30.7 Å². The van der Waals surface area contributed by atoms with E-state index in [-0.39, 0.29) is 18.0 Å². The third kappa shape index (κ3) is 3.21. The van der Waals surface area contributed by atoms with E-state index in [4.69, 9.17) is 16.3 Å². The predicted molar refractivity (Wildman–Crippen MR) is 71.4 cm³/mol. The van der Waals surface area contributed by atoms with Gasteiger partial charge in [0.25, 0.3) is 5.69 Å². The standard InChI is InChI=1S/C13H10ClFN2O3/c1-8-4-12(10(15)6-11(8)17(18)19)20-7-9-2-3-16-13(14)5-9/h2-6H,7H2,1H3. The number of nitro benzene ring substituents is 1. The summed E-state index contributed by atoms with van der Waals surface area (Å²) in [6.07, 6.45) is 1.51. The first-order valence-electron chi connectivity index (χ1n) is 5.65. The lowest BCUT2D eigenvalue weighted by Gasteiger charge is -2.08. The van der Waals surface area contributed by atoms with E-state index in [0.717, 1.165) is 11.6 Å². The lowest BCUT2D eigenvalue weighted by atomic mass is 10.2. The number of nitrogens with zero attached hydrogens (tertiary/aromatic N) is 2. The van der Waals surface area contributed by atoms with Crippen LogP contribution in [0.5, 0.6) is 5.75 Å². The van der Waals surface area contributed by atoms with Crippen LogP contribution in [0, 0.1) is 22.9 Å². The Balaban J connectivity index is 2.18. The highest BCUT2D eigenvalue weighted by atomic mass is 35.5. The quantitative estimate of drug-likeness (QED) is 0.490.